The number of hydrogen-bond acceptors (Lipinski definition) is 0. The molecule has 0 saturated carbocycles. The van der Waals surface area contributed by atoms with Gasteiger partial charge in [0.15, 0.2) is 0 Å². The van der Waals surface area contributed by atoms with Gasteiger partial charge in [0.05, 0.1) is 0 Å². The molecule has 2 aromatic carbocycles. The summed E-state index contributed by atoms with van der Waals surface area (Å²) in [6.45, 7) is 4.42. The van der Waals surface area contributed by atoms with Gasteiger partial charge in [-0.3, -0.25) is 0 Å². The Kier molecular flexibility index (Phi) is 7.29. The summed E-state index contributed by atoms with van der Waals surface area (Å²) in [5, 5.41) is 0. The van der Waals surface area contributed by atoms with Crippen molar-refractivity contribution in [2.24, 2.45) is 0 Å². The van der Waals surface area contributed by atoms with E-state index in [1.54, 1.807) is 7.16 Å². The summed E-state index contributed by atoms with van der Waals surface area (Å²) in [7, 11) is 0.750. The van der Waals surface area contributed by atoms with Gasteiger partial charge in [0.1, 0.15) is 0 Å². The van der Waals surface area contributed by atoms with Gasteiger partial charge in [-0.05, 0) is 0 Å². The van der Waals surface area contributed by atoms with Gasteiger partial charge in [-0.1, -0.05) is 13.1 Å². The Morgan fingerprint density at radius 1 is 0.706 bits per heavy atom. The predicted octanol–water partition coefficient (Wildman–Crippen LogP) is 2.44. The van der Waals surface area contributed by atoms with Crippen molar-refractivity contribution in [1.29, 1.82) is 0 Å². The van der Waals surface area contributed by atoms with Crippen molar-refractivity contribution >= 4 is 36.4 Å². The minimum atomic E-state index is -1.50. The Morgan fingerprint density at radius 2 is 1.00 bits per heavy atom. The topological polar surface area (TPSA) is 0 Å². The Balaban J connectivity index is 0.000000437. The molecule has 0 heterocycles. The molecule has 0 unspecified atom stereocenters. The van der Waals surface area contributed by atoms with Crippen LogP contribution in [-0.4, -0.2) is 29.3 Å². The van der Waals surface area contributed by atoms with E-state index < -0.39 is 19.8 Å². The standard InChI is InChI=1S/2C6H5.C2H7Si.CH3.Sn/c2*1-2-4-6-5-3-1;1-3-2;;/h2*1-5H;3H,1-2H3;1H3;. The second-order valence-electron chi connectivity index (χ2n) is 3.93. The van der Waals surface area contributed by atoms with E-state index in [1.165, 1.54) is 0 Å². The molecule has 0 N–H and O–H groups in total. The van der Waals surface area contributed by atoms with Crippen molar-refractivity contribution in [2.75, 3.05) is 0 Å². The summed E-state index contributed by atoms with van der Waals surface area (Å²) >= 11 is -1.50. The molecule has 0 amide bonds. The molecule has 0 spiro atoms. The van der Waals surface area contributed by atoms with Crippen LogP contribution in [0.1, 0.15) is 0 Å². The van der Waals surface area contributed by atoms with E-state index in [9.17, 15) is 0 Å². The second kappa shape index (κ2) is 8.53. The van der Waals surface area contributed by atoms with E-state index in [0.717, 1.165) is 9.52 Å². The Hall–Kier alpha value is -0.544. The fourth-order valence-electron chi connectivity index (χ4n) is 1.54. The third-order valence-corrected chi connectivity index (χ3v) is 9.26. The van der Waals surface area contributed by atoms with Crippen molar-refractivity contribution in [3.63, 3.8) is 0 Å². The van der Waals surface area contributed by atoms with Gasteiger partial charge in [0, 0.05) is 9.52 Å². The Morgan fingerprint density at radius 3 is 1.29 bits per heavy atom. The first-order valence-corrected chi connectivity index (χ1v) is 14.0. The van der Waals surface area contributed by atoms with Crippen molar-refractivity contribution in [2.45, 2.75) is 18.0 Å². The van der Waals surface area contributed by atoms with Gasteiger partial charge < -0.3 is 0 Å². The first kappa shape index (κ1) is 14.5. The molecule has 0 bridgehead atoms. The Labute approximate surface area is 115 Å². The van der Waals surface area contributed by atoms with Crippen LogP contribution in [0, 0.1) is 0 Å². The van der Waals surface area contributed by atoms with Crippen LogP contribution >= 0.6 is 0 Å². The third-order valence-electron chi connectivity index (χ3n) is 2.41. The van der Waals surface area contributed by atoms with Crippen molar-refractivity contribution in [3.05, 3.63) is 60.7 Å². The first-order chi connectivity index (χ1) is 8.29. The van der Waals surface area contributed by atoms with Crippen LogP contribution in [0.5, 0.6) is 0 Å². The normalized spacial score (nSPS) is 9.65. The monoisotopic (exact) mass is 348 g/mol. The predicted molar refractivity (Wildman–Crippen MR) is 82.6 cm³/mol. The summed E-state index contributed by atoms with van der Waals surface area (Å²) in [6.07, 6.45) is 0. The van der Waals surface area contributed by atoms with Crippen LogP contribution in [0.3, 0.4) is 0 Å². The van der Waals surface area contributed by atoms with E-state index in [2.05, 4.69) is 78.7 Å². The average Bonchev–Trinajstić information content (AvgIpc) is 2.41. The zero-order chi connectivity index (χ0) is 12.5. The quantitative estimate of drug-likeness (QED) is 0.733. The molecule has 2 radical (unpaired) electrons. The minimum absolute atomic E-state index is 0.750. The van der Waals surface area contributed by atoms with E-state index in [4.69, 9.17) is 0 Å². The summed E-state index contributed by atoms with van der Waals surface area (Å²) in [5.74, 6) is 0. The fraction of sp³-hybridized carbons (Fsp3) is 0.200. The molecular formula is C15H20SiSn. The molecule has 0 atom stereocenters. The van der Waals surface area contributed by atoms with Gasteiger partial charge in [-0.25, -0.2) is 0 Å². The zero-order valence-electron chi connectivity index (χ0n) is 10.9. The maximum absolute atomic E-state index is 2.44. The molecule has 2 heteroatoms. The van der Waals surface area contributed by atoms with Crippen LogP contribution in [0.25, 0.3) is 0 Å². The zero-order valence-corrected chi connectivity index (χ0v) is 14.9. The summed E-state index contributed by atoms with van der Waals surface area (Å²) in [5.41, 5.74) is 0. The molecule has 0 nitrogen and oxygen atoms in total. The molecule has 17 heavy (non-hydrogen) atoms. The summed E-state index contributed by atoms with van der Waals surface area (Å²) in [4.78, 5) is 2.44. The van der Waals surface area contributed by atoms with Crippen LogP contribution in [0.4, 0.5) is 0 Å². The van der Waals surface area contributed by atoms with Gasteiger partial charge >= 0.3 is 92.5 Å². The van der Waals surface area contributed by atoms with Crippen LogP contribution in [0.2, 0.25) is 18.0 Å². The number of hydrogen-bond donors (Lipinski definition) is 0. The average molecular weight is 347 g/mol. The third kappa shape index (κ3) is 5.09. The van der Waals surface area contributed by atoms with Crippen LogP contribution < -0.4 is 7.16 Å². The van der Waals surface area contributed by atoms with Gasteiger partial charge in [0.25, 0.3) is 0 Å². The van der Waals surface area contributed by atoms with Gasteiger partial charge in [0.2, 0.25) is 0 Å². The van der Waals surface area contributed by atoms with E-state index >= 15 is 0 Å². The Bertz CT molecular complexity index is 360. The van der Waals surface area contributed by atoms with Gasteiger partial charge in [-0.2, -0.15) is 0 Å². The van der Waals surface area contributed by atoms with E-state index in [-0.39, 0.29) is 0 Å². The molecule has 0 aromatic heterocycles. The summed E-state index contributed by atoms with van der Waals surface area (Å²) in [6, 6.07) is 21.8. The van der Waals surface area contributed by atoms with E-state index in [0.29, 0.717) is 0 Å². The number of rotatable bonds is 2. The van der Waals surface area contributed by atoms with Crippen LogP contribution in [0.15, 0.2) is 60.7 Å². The fourth-order valence-corrected chi connectivity index (χ4v) is 6.45. The van der Waals surface area contributed by atoms with Crippen LogP contribution in [-0.2, 0) is 0 Å². The molecule has 0 aliphatic heterocycles. The molecule has 2 rings (SSSR count). The van der Waals surface area contributed by atoms with Crippen molar-refractivity contribution in [1.82, 2.24) is 0 Å². The maximum atomic E-state index is 2.44. The molecule has 88 valence electrons. The van der Waals surface area contributed by atoms with Crippen molar-refractivity contribution < 1.29 is 0 Å². The first-order valence-electron chi connectivity index (χ1n) is 5.98. The SMILES string of the molecule is C[SiH]C.[CH3][Sn]([c]1ccccc1)[c]1ccccc1. The second-order valence-corrected chi connectivity index (χ2v) is 12.0. The number of benzene rings is 2. The van der Waals surface area contributed by atoms with E-state index in [1.807, 2.05) is 0 Å². The van der Waals surface area contributed by atoms with Gasteiger partial charge in [-0.15, -0.1) is 0 Å². The molecule has 0 aliphatic rings. The molecular weight excluding hydrogens is 327 g/mol. The molecule has 2 aromatic rings. The van der Waals surface area contributed by atoms with Crippen molar-refractivity contribution in [3.8, 4) is 0 Å². The molecule has 0 aliphatic carbocycles. The molecule has 0 saturated heterocycles. The molecule has 0 fully saturated rings. The summed E-state index contributed by atoms with van der Waals surface area (Å²) < 4.78 is 3.14.